The molecule has 0 aromatic rings. The zero-order valence-corrected chi connectivity index (χ0v) is 11.5. The predicted octanol–water partition coefficient (Wildman–Crippen LogP) is 2.43. The average Bonchev–Trinajstić information content (AvgIpc) is 2.26. The number of amides is 1. The van der Waals surface area contributed by atoms with Crippen molar-refractivity contribution in [1.82, 2.24) is 4.90 Å². The highest BCUT2D eigenvalue weighted by Crippen LogP contribution is 2.24. The van der Waals surface area contributed by atoms with Crippen LogP contribution < -0.4 is 0 Å². The van der Waals surface area contributed by atoms with Crippen molar-refractivity contribution in [3.63, 3.8) is 0 Å². The van der Waals surface area contributed by atoms with Gasteiger partial charge in [-0.1, -0.05) is 20.8 Å². The van der Waals surface area contributed by atoms with Crippen LogP contribution in [0.25, 0.3) is 0 Å². The van der Waals surface area contributed by atoms with Gasteiger partial charge in [0.15, 0.2) is 0 Å². The van der Waals surface area contributed by atoms with E-state index in [1.165, 1.54) is 0 Å². The van der Waals surface area contributed by atoms with E-state index in [4.69, 9.17) is 5.11 Å². The minimum absolute atomic E-state index is 0.232. The molecule has 3 nitrogen and oxygen atoms in total. The van der Waals surface area contributed by atoms with Crippen LogP contribution in [0.1, 0.15) is 52.9 Å². The lowest BCUT2D eigenvalue weighted by atomic mass is 9.89. The highest BCUT2D eigenvalue weighted by molar-refractivity contribution is 5.76. The van der Waals surface area contributed by atoms with Gasteiger partial charge in [-0.2, -0.15) is 0 Å². The Morgan fingerprint density at radius 3 is 2.71 bits per heavy atom. The summed E-state index contributed by atoms with van der Waals surface area (Å²) in [7, 11) is 0. The molecule has 1 unspecified atom stereocenters. The van der Waals surface area contributed by atoms with Crippen LogP contribution in [-0.4, -0.2) is 35.6 Å². The third kappa shape index (κ3) is 5.53. The Bertz CT molecular complexity index is 243. The van der Waals surface area contributed by atoms with Gasteiger partial charge in [-0.05, 0) is 37.0 Å². The van der Waals surface area contributed by atoms with E-state index >= 15 is 0 Å². The number of carbonyl (C=O) groups is 1. The second-order valence-electron chi connectivity index (χ2n) is 6.42. The monoisotopic (exact) mass is 241 g/mol. The number of likely N-dealkylation sites (tertiary alicyclic amines) is 1. The maximum Gasteiger partial charge on any atom is 0.222 e. The first kappa shape index (κ1) is 14.5. The molecule has 0 saturated carbocycles. The second kappa shape index (κ2) is 6.39. The molecule has 3 heteroatoms. The van der Waals surface area contributed by atoms with Gasteiger partial charge in [0.2, 0.25) is 5.91 Å². The molecule has 1 fully saturated rings. The molecular formula is C14H27NO2. The van der Waals surface area contributed by atoms with Crippen molar-refractivity contribution in [2.75, 3.05) is 19.7 Å². The van der Waals surface area contributed by atoms with Crippen LogP contribution in [0.5, 0.6) is 0 Å². The van der Waals surface area contributed by atoms with E-state index in [9.17, 15) is 4.79 Å². The molecule has 0 radical (unpaired) electrons. The van der Waals surface area contributed by atoms with Crippen molar-refractivity contribution >= 4 is 5.91 Å². The SMILES string of the molecule is CC(C)(C)CCC(=O)N1CCCC(CCO)C1. The number of aliphatic hydroxyl groups excluding tert-OH is 1. The van der Waals surface area contributed by atoms with Crippen molar-refractivity contribution in [2.24, 2.45) is 11.3 Å². The molecule has 1 rings (SSSR count). The molecule has 0 spiro atoms. The van der Waals surface area contributed by atoms with E-state index in [2.05, 4.69) is 20.8 Å². The van der Waals surface area contributed by atoms with Gasteiger partial charge in [0.05, 0.1) is 0 Å². The molecule has 17 heavy (non-hydrogen) atoms. The number of nitrogens with zero attached hydrogens (tertiary/aromatic N) is 1. The fourth-order valence-electron chi connectivity index (χ4n) is 2.35. The Morgan fingerprint density at radius 1 is 1.41 bits per heavy atom. The summed E-state index contributed by atoms with van der Waals surface area (Å²) in [5.41, 5.74) is 0.232. The topological polar surface area (TPSA) is 40.5 Å². The number of piperidine rings is 1. The van der Waals surface area contributed by atoms with Crippen LogP contribution in [0.15, 0.2) is 0 Å². The first-order valence-corrected chi connectivity index (χ1v) is 6.81. The van der Waals surface area contributed by atoms with E-state index in [1.807, 2.05) is 4.90 Å². The molecule has 1 aliphatic rings. The normalized spacial score (nSPS) is 21.6. The molecule has 1 N–H and O–H groups in total. The quantitative estimate of drug-likeness (QED) is 0.821. The lowest BCUT2D eigenvalue weighted by Crippen LogP contribution is -2.40. The summed E-state index contributed by atoms with van der Waals surface area (Å²) in [5, 5.41) is 8.95. The number of rotatable bonds is 4. The van der Waals surface area contributed by atoms with Gasteiger partial charge in [0.1, 0.15) is 0 Å². The number of carbonyl (C=O) groups excluding carboxylic acids is 1. The molecular weight excluding hydrogens is 214 g/mol. The minimum atomic E-state index is 0.232. The maximum absolute atomic E-state index is 12.1. The van der Waals surface area contributed by atoms with Gasteiger partial charge in [0.25, 0.3) is 0 Å². The van der Waals surface area contributed by atoms with Crippen molar-refractivity contribution in [3.8, 4) is 0 Å². The highest BCUT2D eigenvalue weighted by Gasteiger charge is 2.24. The number of hydrogen-bond acceptors (Lipinski definition) is 2. The Kier molecular flexibility index (Phi) is 5.44. The Hall–Kier alpha value is -0.570. The van der Waals surface area contributed by atoms with E-state index in [0.717, 1.165) is 38.8 Å². The van der Waals surface area contributed by atoms with E-state index < -0.39 is 0 Å². The molecule has 1 saturated heterocycles. The van der Waals surface area contributed by atoms with Gasteiger partial charge < -0.3 is 10.0 Å². The van der Waals surface area contributed by atoms with Crippen molar-refractivity contribution < 1.29 is 9.90 Å². The third-order valence-electron chi connectivity index (χ3n) is 3.50. The number of aliphatic hydroxyl groups is 1. The summed E-state index contributed by atoms with van der Waals surface area (Å²) in [6, 6.07) is 0. The average molecular weight is 241 g/mol. The van der Waals surface area contributed by atoms with Gasteiger partial charge in [-0.25, -0.2) is 0 Å². The highest BCUT2D eigenvalue weighted by atomic mass is 16.3. The predicted molar refractivity (Wildman–Crippen MR) is 69.7 cm³/mol. The molecule has 0 aromatic heterocycles. The summed E-state index contributed by atoms with van der Waals surface area (Å²) in [6.07, 6.45) is 4.70. The summed E-state index contributed by atoms with van der Waals surface area (Å²) < 4.78 is 0. The summed E-state index contributed by atoms with van der Waals surface area (Å²) in [5.74, 6) is 0.801. The molecule has 0 aliphatic carbocycles. The van der Waals surface area contributed by atoms with Crippen LogP contribution in [0.2, 0.25) is 0 Å². The molecule has 1 amide bonds. The molecule has 100 valence electrons. The van der Waals surface area contributed by atoms with Gasteiger partial charge in [-0.3, -0.25) is 4.79 Å². The summed E-state index contributed by atoms with van der Waals surface area (Å²) in [4.78, 5) is 14.1. The third-order valence-corrected chi connectivity index (χ3v) is 3.50. The van der Waals surface area contributed by atoms with Gasteiger partial charge in [0, 0.05) is 26.1 Å². The smallest absolute Gasteiger partial charge is 0.222 e. The lowest BCUT2D eigenvalue weighted by Gasteiger charge is -2.33. The molecule has 1 heterocycles. The molecule has 1 aliphatic heterocycles. The lowest BCUT2D eigenvalue weighted by molar-refractivity contribution is -0.133. The van der Waals surface area contributed by atoms with Crippen LogP contribution in [0.3, 0.4) is 0 Å². The molecule has 0 aromatic carbocycles. The van der Waals surface area contributed by atoms with Crippen LogP contribution >= 0.6 is 0 Å². The fourth-order valence-corrected chi connectivity index (χ4v) is 2.35. The van der Waals surface area contributed by atoms with Gasteiger partial charge >= 0.3 is 0 Å². The second-order valence-corrected chi connectivity index (χ2v) is 6.42. The van der Waals surface area contributed by atoms with Crippen LogP contribution in [0, 0.1) is 11.3 Å². The Balaban J connectivity index is 2.36. The van der Waals surface area contributed by atoms with Crippen molar-refractivity contribution in [1.29, 1.82) is 0 Å². The largest absolute Gasteiger partial charge is 0.396 e. The van der Waals surface area contributed by atoms with E-state index in [-0.39, 0.29) is 12.0 Å². The van der Waals surface area contributed by atoms with E-state index in [0.29, 0.717) is 18.2 Å². The number of hydrogen-bond donors (Lipinski definition) is 1. The zero-order valence-electron chi connectivity index (χ0n) is 11.5. The summed E-state index contributed by atoms with van der Waals surface area (Å²) in [6.45, 7) is 8.52. The first-order chi connectivity index (χ1) is 7.92. The Labute approximate surface area is 105 Å². The first-order valence-electron chi connectivity index (χ1n) is 6.81. The standard InChI is InChI=1S/C14H27NO2/c1-14(2,3)8-6-13(17)15-9-4-5-12(11-15)7-10-16/h12,16H,4-11H2,1-3H3. The molecule has 0 bridgehead atoms. The van der Waals surface area contributed by atoms with Gasteiger partial charge in [-0.15, -0.1) is 0 Å². The fraction of sp³-hybridized carbons (Fsp3) is 0.929. The zero-order chi connectivity index (χ0) is 12.9. The summed E-state index contributed by atoms with van der Waals surface area (Å²) >= 11 is 0. The van der Waals surface area contributed by atoms with Crippen LogP contribution in [0.4, 0.5) is 0 Å². The Morgan fingerprint density at radius 2 is 2.12 bits per heavy atom. The van der Waals surface area contributed by atoms with Crippen molar-refractivity contribution in [3.05, 3.63) is 0 Å². The van der Waals surface area contributed by atoms with Crippen molar-refractivity contribution in [2.45, 2.75) is 52.9 Å². The van der Waals surface area contributed by atoms with E-state index in [1.54, 1.807) is 0 Å². The molecule has 1 atom stereocenters. The minimum Gasteiger partial charge on any atom is -0.396 e. The maximum atomic E-state index is 12.1. The van der Waals surface area contributed by atoms with Crippen LogP contribution in [-0.2, 0) is 4.79 Å².